The summed E-state index contributed by atoms with van der Waals surface area (Å²) in [5, 5.41) is 0.332. The van der Waals surface area contributed by atoms with Crippen LogP contribution in [0.5, 0.6) is 23.0 Å². The fourth-order valence-corrected chi connectivity index (χ4v) is 2.59. The number of ketones is 1. The predicted octanol–water partition coefficient (Wildman–Crippen LogP) is 4.27. The molecule has 0 saturated heterocycles. The highest BCUT2D eigenvalue weighted by atomic mass is 35.5. The van der Waals surface area contributed by atoms with Gasteiger partial charge in [0.2, 0.25) is 0 Å². The zero-order chi connectivity index (χ0) is 18.4. The summed E-state index contributed by atoms with van der Waals surface area (Å²) < 4.78 is 21.0. The number of carbonyl (C=O) groups excluding carboxylic acids is 1. The van der Waals surface area contributed by atoms with Crippen molar-refractivity contribution in [3.63, 3.8) is 0 Å². The molecular weight excluding hydrogens is 344 g/mol. The fourth-order valence-electron chi connectivity index (χ4n) is 2.35. The summed E-state index contributed by atoms with van der Waals surface area (Å²) in [4.78, 5) is 12.6. The van der Waals surface area contributed by atoms with Crippen molar-refractivity contribution >= 4 is 23.5 Å². The first-order valence-corrected chi connectivity index (χ1v) is 7.78. The molecule has 0 bridgehead atoms. The third-order valence-corrected chi connectivity index (χ3v) is 3.88. The quantitative estimate of drug-likeness (QED) is 0.544. The summed E-state index contributed by atoms with van der Waals surface area (Å²) in [7, 11) is 6.08. The van der Waals surface area contributed by atoms with Crippen molar-refractivity contribution in [1.29, 1.82) is 0 Å². The van der Waals surface area contributed by atoms with Gasteiger partial charge >= 0.3 is 0 Å². The molecule has 0 aliphatic carbocycles. The molecule has 0 saturated carbocycles. The van der Waals surface area contributed by atoms with E-state index in [1.165, 1.54) is 26.4 Å². The number of allylic oxidation sites excluding steroid dienone is 1. The Morgan fingerprint density at radius 2 is 1.60 bits per heavy atom. The van der Waals surface area contributed by atoms with Gasteiger partial charge in [0.25, 0.3) is 0 Å². The fraction of sp³-hybridized carbons (Fsp3) is 0.211. The Balaban J connectivity index is 2.37. The first-order valence-electron chi connectivity index (χ1n) is 7.40. The Bertz CT molecular complexity index is 799. The van der Waals surface area contributed by atoms with E-state index in [4.69, 9.17) is 30.5 Å². The lowest BCUT2D eigenvalue weighted by Gasteiger charge is -2.11. The lowest BCUT2D eigenvalue weighted by atomic mass is 10.1. The normalized spacial score (nSPS) is 10.6. The van der Waals surface area contributed by atoms with Gasteiger partial charge in [-0.2, -0.15) is 0 Å². The van der Waals surface area contributed by atoms with Gasteiger partial charge in [-0.05, 0) is 24.3 Å². The molecule has 0 N–H and O–H groups in total. The molecule has 6 heteroatoms. The molecule has 0 unspecified atom stereocenters. The van der Waals surface area contributed by atoms with Crippen LogP contribution in [0.4, 0.5) is 0 Å². The second-order valence-corrected chi connectivity index (χ2v) is 5.37. The number of hydrogen-bond donors (Lipinski definition) is 0. The molecule has 2 aromatic carbocycles. The molecule has 0 amide bonds. The summed E-state index contributed by atoms with van der Waals surface area (Å²) in [5.74, 6) is 1.70. The monoisotopic (exact) mass is 362 g/mol. The Morgan fingerprint density at radius 3 is 2.20 bits per heavy atom. The molecule has 0 atom stereocenters. The number of carbonyl (C=O) groups is 1. The minimum Gasteiger partial charge on any atom is -0.496 e. The number of benzene rings is 2. The van der Waals surface area contributed by atoms with Crippen LogP contribution in [0.15, 0.2) is 36.4 Å². The SMILES string of the molecule is COc1cc(OC)c(C(=O)/C=C/c2cccc(OC)c2OC)cc1Cl. The number of methoxy groups -OCH3 is 4. The van der Waals surface area contributed by atoms with Crippen LogP contribution >= 0.6 is 11.6 Å². The van der Waals surface area contributed by atoms with Crippen molar-refractivity contribution < 1.29 is 23.7 Å². The standard InChI is InChI=1S/C19H19ClO5/c1-22-16-7-5-6-12(19(16)25-4)8-9-15(21)13-10-14(20)18(24-3)11-17(13)23-2/h5-11H,1-4H3/b9-8+. The summed E-state index contributed by atoms with van der Waals surface area (Å²) in [5.41, 5.74) is 1.06. The van der Waals surface area contributed by atoms with Crippen molar-refractivity contribution in [1.82, 2.24) is 0 Å². The van der Waals surface area contributed by atoms with Gasteiger partial charge in [0.15, 0.2) is 17.3 Å². The van der Waals surface area contributed by atoms with Gasteiger partial charge in [-0.1, -0.05) is 23.7 Å². The van der Waals surface area contributed by atoms with Crippen molar-refractivity contribution in [3.8, 4) is 23.0 Å². The average molecular weight is 363 g/mol. The van der Waals surface area contributed by atoms with Crippen LogP contribution in [-0.4, -0.2) is 34.2 Å². The number of para-hydroxylation sites is 1. The topological polar surface area (TPSA) is 54.0 Å². The average Bonchev–Trinajstić information content (AvgIpc) is 2.65. The van der Waals surface area contributed by atoms with Crippen LogP contribution in [-0.2, 0) is 0 Å². The molecule has 0 fully saturated rings. The van der Waals surface area contributed by atoms with E-state index >= 15 is 0 Å². The maximum Gasteiger partial charge on any atom is 0.189 e. The molecule has 5 nitrogen and oxygen atoms in total. The van der Waals surface area contributed by atoms with Crippen molar-refractivity contribution in [2.75, 3.05) is 28.4 Å². The molecule has 25 heavy (non-hydrogen) atoms. The largest absolute Gasteiger partial charge is 0.496 e. The van der Waals surface area contributed by atoms with Crippen molar-refractivity contribution in [2.24, 2.45) is 0 Å². The van der Waals surface area contributed by atoms with Gasteiger partial charge < -0.3 is 18.9 Å². The first-order chi connectivity index (χ1) is 12.0. The minimum atomic E-state index is -0.258. The van der Waals surface area contributed by atoms with E-state index in [0.717, 1.165) is 0 Å². The van der Waals surface area contributed by atoms with Crippen LogP contribution in [0.25, 0.3) is 6.08 Å². The van der Waals surface area contributed by atoms with E-state index in [9.17, 15) is 4.79 Å². The molecule has 0 spiro atoms. The Morgan fingerprint density at radius 1 is 0.920 bits per heavy atom. The number of hydrogen-bond acceptors (Lipinski definition) is 5. The zero-order valence-corrected chi connectivity index (χ0v) is 15.2. The number of rotatable bonds is 7. The zero-order valence-electron chi connectivity index (χ0n) is 14.5. The van der Waals surface area contributed by atoms with Gasteiger partial charge in [-0.3, -0.25) is 4.79 Å². The van der Waals surface area contributed by atoms with E-state index < -0.39 is 0 Å². The third-order valence-electron chi connectivity index (χ3n) is 3.59. The smallest absolute Gasteiger partial charge is 0.189 e. The molecule has 0 aromatic heterocycles. The van der Waals surface area contributed by atoms with E-state index in [1.54, 1.807) is 32.4 Å². The maximum atomic E-state index is 12.6. The van der Waals surface area contributed by atoms with Gasteiger partial charge in [0.05, 0.1) is 39.0 Å². The van der Waals surface area contributed by atoms with Crippen LogP contribution in [0.2, 0.25) is 5.02 Å². The van der Waals surface area contributed by atoms with Crippen LogP contribution in [0, 0.1) is 0 Å². The second-order valence-electron chi connectivity index (χ2n) is 4.97. The highest BCUT2D eigenvalue weighted by Gasteiger charge is 2.15. The molecule has 0 aliphatic rings. The van der Waals surface area contributed by atoms with E-state index in [2.05, 4.69) is 0 Å². The summed E-state index contributed by atoms with van der Waals surface area (Å²) >= 11 is 6.11. The van der Waals surface area contributed by atoms with Crippen LogP contribution in [0.3, 0.4) is 0 Å². The molecule has 2 aromatic rings. The third kappa shape index (κ3) is 4.06. The summed E-state index contributed by atoms with van der Waals surface area (Å²) in [6, 6.07) is 8.52. The van der Waals surface area contributed by atoms with Crippen LogP contribution < -0.4 is 18.9 Å². The van der Waals surface area contributed by atoms with Gasteiger partial charge in [-0.15, -0.1) is 0 Å². The van der Waals surface area contributed by atoms with Crippen molar-refractivity contribution in [3.05, 3.63) is 52.6 Å². The first kappa shape index (κ1) is 18.7. The van der Waals surface area contributed by atoms with E-state index in [-0.39, 0.29) is 5.78 Å². The van der Waals surface area contributed by atoms with Gasteiger partial charge in [-0.25, -0.2) is 0 Å². The lowest BCUT2D eigenvalue weighted by molar-refractivity contribution is 0.104. The summed E-state index contributed by atoms with van der Waals surface area (Å²) in [6.07, 6.45) is 3.08. The van der Waals surface area contributed by atoms with Gasteiger partial charge in [0.1, 0.15) is 11.5 Å². The Hall–Kier alpha value is -2.66. The van der Waals surface area contributed by atoms with Crippen LogP contribution in [0.1, 0.15) is 15.9 Å². The number of halogens is 1. The molecule has 0 heterocycles. The molecule has 0 aliphatic heterocycles. The number of ether oxygens (including phenoxy) is 4. The second kappa shape index (κ2) is 8.44. The lowest BCUT2D eigenvalue weighted by Crippen LogP contribution is -2.00. The molecule has 0 radical (unpaired) electrons. The Kier molecular flexibility index (Phi) is 6.31. The minimum absolute atomic E-state index is 0.258. The maximum absolute atomic E-state index is 12.6. The highest BCUT2D eigenvalue weighted by Crippen LogP contribution is 2.34. The van der Waals surface area contributed by atoms with Crippen molar-refractivity contribution in [2.45, 2.75) is 0 Å². The molecular formula is C19H19ClO5. The van der Waals surface area contributed by atoms with Gasteiger partial charge in [0, 0.05) is 11.6 Å². The predicted molar refractivity (Wildman–Crippen MR) is 97.5 cm³/mol. The van der Waals surface area contributed by atoms with E-state index in [1.807, 2.05) is 12.1 Å². The molecule has 132 valence electrons. The summed E-state index contributed by atoms with van der Waals surface area (Å²) in [6.45, 7) is 0. The highest BCUT2D eigenvalue weighted by molar-refractivity contribution is 6.32. The Labute approximate surface area is 151 Å². The van der Waals surface area contributed by atoms with E-state index in [0.29, 0.717) is 39.1 Å². The molecule has 2 rings (SSSR count).